The van der Waals surface area contributed by atoms with Gasteiger partial charge in [-0.3, -0.25) is 0 Å². The van der Waals surface area contributed by atoms with Crippen LogP contribution in [0.3, 0.4) is 0 Å². The maximum atomic E-state index is 9.31. The molecule has 0 amide bonds. The van der Waals surface area contributed by atoms with Crippen molar-refractivity contribution in [3.05, 3.63) is 47.7 Å². The van der Waals surface area contributed by atoms with Crippen LogP contribution in [-0.4, -0.2) is 14.6 Å². The van der Waals surface area contributed by atoms with Crippen molar-refractivity contribution in [3.8, 4) is 12.1 Å². The fraction of sp³-hybridized carbons (Fsp3) is 0. The van der Waals surface area contributed by atoms with E-state index in [9.17, 15) is 5.26 Å². The molecule has 0 aliphatic carbocycles. The van der Waals surface area contributed by atoms with Gasteiger partial charge in [-0.1, -0.05) is 18.2 Å². The zero-order valence-corrected chi connectivity index (χ0v) is 10.8. The summed E-state index contributed by atoms with van der Waals surface area (Å²) in [6.45, 7) is 0. The summed E-state index contributed by atoms with van der Waals surface area (Å²) in [6, 6.07) is 13.3. The highest BCUT2D eigenvalue weighted by atomic mass is 15.3. The Morgan fingerprint density at radius 1 is 1.14 bits per heavy atom. The van der Waals surface area contributed by atoms with Gasteiger partial charge in [-0.2, -0.15) is 15.0 Å². The minimum atomic E-state index is 0.153. The second kappa shape index (κ2) is 4.83. The van der Waals surface area contributed by atoms with E-state index in [0.717, 1.165) is 5.69 Å². The number of para-hydroxylation sites is 1. The van der Waals surface area contributed by atoms with E-state index in [2.05, 4.69) is 21.5 Å². The summed E-state index contributed by atoms with van der Waals surface area (Å²) in [6.07, 6.45) is 1.33. The number of hydrogen-bond donors (Lipinski definition) is 2. The van der Waals surface area contributed by atoms with Gasteiger partial charge < -0.3 is 11.1 Å². The maximum absolute atomic E-state index is 9.31. The zero-order valence-electron chi connectivity index (χ0n) is 10.8. The minimum Gasteiger partial charge on any atom is -0.382 e. The molecule has 3 rings (SSSR count). The number of nitrogen functional groups attached to an aromatic ring is 1. The molecule has 21 heavy (non-hydrogen) atoms. The van der Waals surface area contributed by atoms with E-state index in [-0.39, 0.29) is 16.9 Å². The van der Waals surface area contributed by atoms with Crippen LogP contribution in [0, 0.1) is 22.7 Å². The first-order valence-corrected chi connectivity index (χ1v) is 6.04. The molecule has 7 heteroatoms. The van der Waals surface area contributed by atoms with Gasteiger partial charge in [-0.05, 0) is 12.1 Å². The third-order valence-electron chi connectivity index (χ3n) is 2.95. The van der Waals surface area contributed by atoms with Crippen LogP contribution >= 0.6 is 0 Å². The SMILES string of the molecule is N#Cc1cnc2c(C#N)c(Nc3ccccc3)nn2c1N. The van der Waals surface area contributed by atoms with Crippen molar-refractivity contribution in [3.63, 3.8) is 0 Å². The van der Waals surface area contributed by atoms with Gasteiger partial charge in [-0.25, -0.2) is 4.98 Å². The molecule has 0 spiro atoms. The lowest BCUT2D eigenvalue weighted by atomic mass is 10.3. The Kier molecular flexibility index (Phi) is 2.87. The van der Waals surface area contributed by atoms with E-state index in [1.165, 1.54) is 10.7 Å². The Bertz CT molecular complexity index is 897. The van der Waals surface area contributed by atoms with Crippen LogP contribution in [0.15, 0.2) is 36.5 Å². The molecule has 3 N–H and O–H groups in total. The molecule has 2 aromatic heterocycles. The van der Waals surface area contributed by atoms with Crippen LogP contribution in [0.5, 0.6) is 0 Å². The van der Waals surface area contributed by atoms with Crippen LogP contribution in [0.4, 0.5) is 17.3 Å². The van der Waals surface area contributed by atoms with Gasteiger partial charge in [0.15, 0.2) is 11.5 Å². The second-order valence-corrected chi connectivity index (χ2v) is 4.23. The topological polar surface area (TPSA) is 116 Å². The smallest absolute Gasteiger partial charge is 0.177 e. The van der Waals surface area contributed by atoms with Crippen LogP contribution in [-0.2, 0) is 0 Å². The van der Waals surface area contributed by atoms with Crippen molar-refractivity contribution in [1.29, 1.82) is 10.5 Å². The zero-order chi connectivity index (χ0) is 14.8. The van der Waals surface area contributed by atoms with Gasteiger partial charge in [0.25, 0.3) is 0 Å². The number of nitrogens with two attached hydrogens (primary N) is 1. The molecule has 3 aromatic rings. The molecule has 0 atom stereocenters. The molecule has 0 fully saturated rings. The first kappa shape index (κ1) is 12.5. The van der Waals surface area contributed by atoms with Gasteiger partial charge in [0.1, 0.15) is 29.1 Å². The second-order valence-electron chi connectivity index (χ2n) is 4.23. The van der Waals surface area contributed by atoms with E-state index in [1.54, 1.807) is 0 Å². The number of hydrogen-bond acceptors (Lipinski definition) is 6. The van der Waals surface area contributed by atoms with E-state index >= 15 is 0 Å². The lowest BCUT2D eigenvalue weighted by molar-refractivity contribution is 0.951. The highest BCUT2D eigenvalue weighted by Crippen LogP contribution is 2.24. The Morgan fingerprint density at radius 3 is 2.57 bits per heavy atom. The summed E-state index contributed by atoms with van der Waals surface area (Å²) in [5, 5.41) is 25.5. The molecule has 0 saturated heterocycles. The minimum absolute atomic E-state index is 0.153. The van der Waals surface area contributed by atoms with Gasteiger partial charge in [0.2, 0.25) is 0 Å². The number of benzene rings is 1. The first-order chi connectivity index (χ1) is 10.2. The molecule has 2 heterocycles. The van der Waals surface area contributed by atoms with Gasteiger partial charge in [0.05, 0.1) is 6.20 Å². The molecule has 0 radical (unpaired) electrons. The molecule has 0 aliphatic heterocycles. The highest BCUT2D eigenvalue weighted by molar-refractivity contribution is 5.74. The molecule has 7 nitrogen and oxygen atoms in total. The number of aromatic nitrogens is 3. The summed E-state index contributed by atoms with van der Waals surface area (Å²) in [4.78, 5) is 4.08. The van der Waals surface area contributed by atoms with Crippen molar-refractivity contribution >= 4 is 23.0 Å². The summed E-state index contributed by atoms with van der Waals surface area (Å²) in [5.41, 5.74) is 7.44. The number of fused-ring (bicyclic) bond motifs is 1. The van der Waals surface area contributed by atoms with E-state index in [4.69, 9.17) is 11.0 Å². The number of anilines is 3. The predicted octanol–water partition coefficient (Wildman–Crippen LogP) is 1.80. The number of nitrogens with zero attached hydrogens (tertiary/aromatic N) is 5. The third kappa shape index (κ3) is 1.99. The molecule has 0 saturated carbocycles. The Hall–Kier alpha value is -3.58. The fourth-order valence-corrected chi connectivity index (χ4v) is 1.94. The van der Waals surface area contributed by atoms with Crippen LogP contribution in [0.1, 0.15) is 11.1 Å². The van der Waals surface area contributed by atoms with Crippen LogP contribution < -0.4 is 11.1 Å². The van der Waals surface area contributed by atoms with Crippen LogP contribution in [0.2, 0.25) is 0 Å². The molecular formula is C14H9N7. The number of nitrogens with one attached hydrogen (secondary N) is 1. The quantitative estimate of drug-likeness (QED) is 0.736. The predicted molar refractivity (Wildman–Crippen MR) is 76.6 cm³/mol. The number of rotatable bonds is 2. The molecular weight excluding hydrogens is 266 g/mol. The fourth-order valence-electron chi connectivity index (χ4n) is 1.94. The Balaban J connectivity index is 2.18. The number of nitriles is 2. The van der Waals surface area contributed by atoms with Gasteiger partial charge in [0, 0.05) is 5.69 Å². The molecule has 0 unspecified atom stereocenters. The van der Waals surface area contributed by atoms with E-state index in [1.807, 2.05) is 36.4 Å². The summed E-state index contributed by atoms with van der Waals surface area (Å²) in [5.74, 6) is 0.498. The lowest BCUT2D eigenvalue weighted by Crippen LogP contribution is -2.03. The maximum Gasteiger partial charge on any atom is 0.177 e. The third-order valence-corrected chi connectivity index (χ3v) is 2.95. The average Bonchev–Trinajstić information content (AvgIpc) is 2.87. The Morgan fingerprint density at radius 2 is 1.90 bits per heavy atom. The summed E-state index contributed by atoms with van der Waals surface area (Å²) < 4.78 is 1.29. The molecule has 0 bridgehead atoms. The van der Waals surface area contributed by atoms with Crippen LogP contribution in [0.25, 0.3) is 5.65 Å². The average molecular weight is 275 g/mol. The largest absolute Gasteiger partial charge is 0.382 e. The van der Waals surface area contributed by atoms with Crippen molar-refractivity contribution in [2.24, 2.45) is 0 Å². The Labute approximate surface area is 119 Å². The normalized spacial score (nSPS) is 10.0. The lowest BCUT2D eigenvalue weighted by Gasteiger charge is -2.01. The van der Waals surface area contributed by atoms with Crippen molar-refractivity contribution in [2.75, 3.05) is 11.1 Å². The van der Waals surface area contributed by atoms with Crippen molar-refractivity contribution in [2.45, 2.75) is 0 Å². The van der Waals surface area contributed by atoms with Crippen molar-refractivity contribution in [1.82, 2.24) is 14.6 Å². The van der Waals surface area contributed by atoms with Crippen molar-refractivity contribution < 1.29 is 0 Å². The standard InChI is InChI=1S/C14H9N7/c15-6-9-8-18-14-11(7-16)13(20-21(14)12(9)17)19-10-4-2-1-3-5-10/h1-5,8H,17H2,(H,19,20). The molecule has 100 valence electrons. The van der Waals surface area contributed by atoms with Gasteiger partial charge in [-0.15, -0.1) is 5.10 Å². The van der Waals surface area contributed by atoms with Gasteiger partial charge >= 0.3 is 0 Å². The van der Waals surface area contributed by atoms with E-state index in [0.29, 0.717) is 11.5 Å². The summed E-state index contributed by atoms with van der Waals surface area (Å²) >= 11 is 0. The summed E-state index contributed by atoms with van der Waals surface area (Å²) in [7, 11) is 0. The van der Waals surface area contributed by atoms with E-state index < -0.39 is 0 Å². The monoisotopic (exact) mass is 275 g/mol. The molecule has 1 aromatic carbocycles. The molecule has 0 aliphatic rings. The first-order valence-electron chi connectivity index (χ1n) is 6.04. The highest BCUT2D eigenvalue weighted by Gasteiger charge is 2.17.